The van der Waals surface area contributed by atoms with Crippen molar-refractivity contribution in [3.63, 3.8) is 0 Å². The highest BCUT2D eigenvalue weighted by Gasteiger charge is 2.31. The lowest BCUT2D eigenvalue weighted by molar-refractivity contribution is -0.887. The molecule has 0 aliphatic rings. The average Bonchev–Trinajstić information content (AvgIpc) is 3.09. The zero-order chi connectivity index (χ0) is 38.5. The number of quaternary nitrogens is 1. The van der Waals surface area contributed by atoms with Crippen LogP contribution in [0.25, 0.3) is 0 Å². The zero-order valence-corrected chi connectivity index (χ0v) is 34.3. The van der Waals surface area contributed by atoms with Crippen LogP contribution < -0.4 is 0 Å². The second-order valence-corrected chi connectivity index (χ2v) is 15.3. The molecule has 0 heterocycles. The standard InChI is InChI=1S/C44H79NO7/c1-6-8-10-12-14-16-18-19-20-21-22-23-24-25-27-28-30-32-34-42(46)51-39-40(38-50-37-36-41(44(48)49)45(3,4)5)52-43(47)35-33-31-29-26-17-15-13-11-9-7-2/h18-23,40-41H,6-17,24-39H2,1-5H3/p+1/b19-18+,21-20+,23-22+. The minimum Gasteiger partial charge on any atom is -0.477 e. The highest BCUT2D eigenvalue weighted by atomic mass is 16.6. The fourth-order valence-corrected chi connectivity index (χ4v) is 6.03. The maximum atomic E-state index is 12.6. The van der Waals surface area contributed by atoms with Gasteiger partial charge in [0.1, 0.15) is 6.61 Å². The molecule has 302 valence electrons. The lowest BCUT2D eigenvalue weighted by Crippen LogP contribution is -2.50. The van der Waals surface area contributed by atoms with E-state index in [9.17, 15) is 19.5 Å². The molecule has 2 unspecified atom stereocenters. The molecule has 52 heavy (non-hydrogen) atoms. The molecule has 0 aliphatic carbocycles. The van der Waals surface area contributed by atoms with Gasteiger partial charge < -0.3 is 23.8 Å². The van der Waals surface area contributed by atoms with Gasteiger partial charge in [-0.2, -0.15) is 0 Å². The Bertz CT molecular complexity index is 953. The number of hydrogen-bond acceptors (Lipinski definition) is 6. The zero-order valence-electron chi connectivity index (χ0n) is 34.3. The van der Waals surface area contributed by atoms with Crippen LogP contribution in [0, 0.1) is 0 Å². The number of carbonyl (C=O) groups excluding carboxylic acids is 2. The van der Waals surface area contributed by atoms with Gasteiger partial charge in [0.15, 0.2) is 12.1 Å². The summed E-state index contributed by atoms with van der Waals surface area (Å²) in [6.45, 7) is 4.68. The van der Waals surface area contributed by atoms with E-state index in [2.05, 4.69) is 50.3 Å². The summed E-state index contributed by atoms with van der Waals surface area (Å²) in [6.07, 6.45) is 39.0. The van der Waals surface area contributed by atoms with Crippen LogP contribution in [0.5, 0.6) is 0 Å². The number of nitrogens with zero attached hydrogens (tertiary/aromatic N) is 1. The Balaban J connectivity index is 4.37. The number of esters is 2. The van der Waals surface area contributed by atoms with Gasteiger partial charge in [0.2, 0.25) is 0 Å². The first-order chi connectivity index (χ1) is 25.1. The van der Waals surface area contributed by atoms with Crippen molar-refractivity contribution < 1.29 is 38.2 Å². The molecule has 2 atom stereocenters. The number of likely N-dealkylation sites (N-methyl/N-ethyl adjacent to an activating group) is 1. The largest absolute Gasteiger partial charge is 0.477 e. The number of aliphatic carboxylic acids is 1. The Morgan fingerprint density at radius 1 is 0.577 bits per heavy atom. The van der Waals surface area contributed by atoms with Gasteiger partial charge in [-0.3, -0.25) is 9.59 Å². The van der Waals surface area contributed by atoms with Crippen molar-refractivity contribution in [1.82, 2.24) is 0 Å². The van der Waals surface area contributed by atoms with E-state index in [-0.39, 0.29) is 36.2 Å². The number of carbonyl (C=O) groups is 3. The van der Waals surface area contributed by atoms with Crippen LogP contribution in [0.4, 0.5) is 0 Å². The molecule has 0 aliphatic heterocycles. The Morgan fingerprint density at radius 3 is 1.48 bits per heavy atom. The number of ether oxygens (including phenoxy) is 3. The van der Waals surface area contributed by atoms with Gasteiger partial charge in [-0.25, -0.2) is 4.79 Å². The SMILES string of the molecule is CCCCCCC/C=C/C=C/C=C/CCCCCCCC(=O)OCC(COCCC(C(=O)O)[N+](C)(C)C)OC(=O)CCCCCCCCCCCC. The van der Waals surface area contributed by atoms with Crippen molar-refractivity contribution in [3.8, 4) is 0 Å². The van der Waals surface area contributed by atoms with Gasteiger partial charge in [0.05, 0.1) is 34.4 Å². The fraction of sp³-hybridized carbons (Fsp3) is 0.795. The van der Waals surface area contributed by atoms with Crippen LogP contribution in [-0.4, -0.2) is 80.6 Å². The minimum atomic E-state index is -0.879. The van der Waals surface area contributed by atoms with Gasteiger partial charge in [-0.15, -0.1) is 0 Å². The summed E-state index contributed by atoms with van der Waals surface area (Å²) in [6, 6.07) is -0.615. The molecule has 0 bridgehead atoms. The van der Waals surface area contributed by atoms with E-state index in [0.29, 0.717) is 19.3 Å². The lowest BCUT2D eigenvalue weighted by Gasteiger charge is -2.31. The van der Waals surface area contributed by atoms with E-state index < -0.39 is 18.1 Å². The van der Waals surface area contributed by atoms with Crippen LogP contribution in [0.15, 0.2) is 36.5 Å². The van der Waals surface area contributed by atoms with E-state index in [1.54, 1.807) is 0 Å². The predicted molar refractivity (Wildman–Crippen MR) is 215 cm³/mol. The van der Waals surface area contributed by atoms with Crippen molar-refractivity contribution in [2.75, 3.05) is 41.0 Å². The highest BCUT2D eigenvalue weighted by molar-refractivity contribution is 5.72. The topological polar surface area (TPSA) is 99.1 Å². The first-order valence-corrected chi connectivity index (χ1v) is 21.1. The van der Waals surface area contributed by atoms with E-state index in [1.807, 2.05) is 21.1 Å². The van der Waals surface area contributed by atoms with Gasteiger partial charge in [0, 0.05) is 19.3 Å². The Hall–Kier alpha value is -2.45. The summed E-state index contributed by atoms with van der Waals surface area (Å²) in [5.74, 6) is -1.49. The normalized spacial score (nSPS) is 13.3. The number of allylic oxidation sites excluding steroid dienone is 6. The monoisotopic (exact) mass is 735 g/mol. The fourth-order valence-electron chi connectivity index (χ4n) is 6.03. The second kappa shape index (κ2) is 35.6. The molecule has 0 radical (unpaired) electrons. The van der Waals surface area contributed by atoms with Gasteiger partial charge in [0.25, 0.3) is 0 Å². The Labute approximate surface area is 319 Å². The van der Waals surface area contributed by atoms with E-state index in [4.69, 9.17) is 14.2 Å². The van der Waals surface area contributed by atoms with Crippen molar-refractivity contribution in [1.29, 1.82) is 0 Å². The highest BCUT2D eigenvalue weighted by Crippen LogP contribution is 2.14. The molecule has 1 N–H and O–H groups in total. The smallest absolute Gasteiger partial charge is 0.362 e. The summed E-state index contributed by atoms with van der Waals surface area (Å²) in [4.78, 5) is 36.8. The third-order valence-electron chi connectivity index (χ3n) is 9.35. The molecule has 0 rings (SSSR count). The Kier molecular flexibility index (Phi) is 33.9. The first-order valence-electron chi connectivity index (χ1n) is 21.1. The molecule has 0 spiro atoms. The molecule has 0 saturated heterocycles. The molecular formula is C44H80NO7+. The quantitative estimate of drug-likeness (QED) is 0.0293. The first kappa shape index (κ1) is 49.6. The molecule has 0 fully saturated rings. The summed E-state index contributed by atoms with van der Waals surface area (Å²) >= 11 is 0. The molecule has 0 aromatic heterocycles. The molecular weight excluding hydrogens is 654 g/mol. The number of hydrogen-bond donors (Lipinski definition) is 1. The second-order valence-electron chi connectivity index (χ2n) is 15.3. The van der Waals surface area contributed by atoms with E-state index in [0.717, 1.165) is 64.2 Å². The van der Waals surface area contributed by atoms with Crippen LogP contribution in [0.1, 0.15) is 174 Å². The summed E-state index contributed by atoms with van der Waals surface area (Å²) in [5.41, 5.74) is 0. The molecule has 0 saturated carbocycles. The number of unbranched alkanes of at least 4 members (excludes halogenated alkanes) is 19. The predicted octanol–water partition coefficient (Wildman–Crippen LogP) is 11.1. The maximum Gasteiger partial charge on any atom is 0.362 e. The number of rotatable bonds is 37. The molecule has 8 heteroatoms. The molecule has 8 nitrogen and oxygen atoms in total. The van der Waals surface area contributed by atoms with Crippen molar-refractivity contribution >= 4 is 17.9 Å². The van der Waals surface area contributed by atoms with Gasteiger partial charge >= 0.3 is 17.9 Å². The lowest BCUT2D eigenvalue weighted by atomic mass is 10.1. The van der Waals surface area contributed by atoms with Gasteiger partial charge in [-0.1, -0.05) is 153 Å². The molecule has 0 aromatic rings. The number of carboxylic acids is 1. The minimum absolute atomic E-state index is 0.0562. The van der Waals surface area contributed by atoms with Crippen LogP contribution >= 0.6 is 0 Å². The average molecular weight is 735 g/mol. The third-order valence-corrected chi connectivity index (χ3v) is 9.35. The van der Waals surface area contributed by atoms with Crippen molar-refractivity contribution in [2.24, 2.45) is 0 Å². The van der Waals surface area contributed by atoms with E-state index >= 15 is 0 Å². The maximum absolute atomic E-state index is 12.6. The summed E-state index contributed by atoms with van der Waals surface area (Å²) < 4.78 is 17.2. The van der Waals surface area contributed by atoms with Crippen LogP contribution in [-0.2, 0) is 28.6 Å². The summed E-state index contributed by atoms with van der Waals surface area (Å²) in [7, 11) is 5.51. The third kappa shape index (κ3) is 33.4. The molecule has 0 aromatic carbocycles. The number of carboxylic acid groups (broad SMARTS) is 1. The van der Waals surface area contributed by atoms with Crippen LogP contribution in [0.2, 0.25) is 0 Å². The van der Waals surface area contributed by atoms with Crippen LogP contribution in [0.3, 0.4) is 0 Å². The molecule has 0 amide bonds. The van der Waals surface area contributed by atoms with Crippen molar-refractivity contribution in [2.45, 2.75) is 187 Å². The van der Waals surface area contributed by atoms with Crippen molar-refractivity contribution in [3.05, 3.63) is 36.5 Å². The Morgan fingerprint density at radius 2 is 1.02 bits per heavy atom. The van der Waals surface area contributed by atoms with E-state index in [1.165, 1.54) is 77.0 Å². The van der Waals surface area contributed by atoms with Gasteiger partial charge in [-0.05, 0) is 38.5 Å². The summed E-state index contributed by atoms with van der Waals surface area (Å²) in [5, 5.41) is 9.59.